The van der Waals surface area contributed by atoms with Gasteiger partial charge >= 0.3 is 11.9 Å². The highest BCUT2D eigenvalue weighted by molar-refractivity contribution is 5.97. The van der Waals surface area contributed by atoms with Crippen LogP contribution in [-0.4, -0.2) is 22.2 Å². The molecule has 102 valence electrons. The second kappa shape index (κ2) is 5.31. The van der Waals surface area contributed by atoms with Crippen molar-refractivity contribution in [3.8, 4) is 11.5 Å². The quantitative estimate of drug-likeness (QED) is 0.447. The highest BCUT2D eigenvalue weighted by atomic mass is 16.5. The minimum absolute atomic E-state index is 0.00783. The van der Waals surface area contributed by atoms with Crippen LogP contribution >= 0.6 is 0 Å². The molecule has 0 saturated carbocycles. The van der Waals surface area contributed by atoms with Crippen molar-refractivity contribution in [3.63, 3.8) is 0 Å². The number of rotatable bonds is 3. The smallest absolute Gasteiger partial charge is 0.345 e. The number of carboxylic acids is 1. The summed E-state index contributed by atoms with van der Waals surface area (Å²) in [7, 11) is 0. The average Bonchev–Trinajstić information content (AvgIpc) is 2.41. The van der Waals surface area contributed by atoms with Crippen LogP contribution in [-0.2, 0) is 0 Å². The van der Waals surface area contributed by atoms with E-state index in [0.717, 1.165) is 12.1 Å². The van der Waals surface area contributed by atoms with E-state index in [1.807, 2.05) is 0 Å². The van der Waals surface area contributed by atoms with Crippen molar-refractivity contribution >= 4 is 17.6 Å². The first-order valence-electron chi connectivity index (χ1n) is 5.62. The molecular formula is C14H11NO5. The number of nitrogens with two attached hydrogens (primary N) is 1. The van der Waals surface area contributed by atoms with E-state index in [1.54, 1.807) is 18.2 Å². The lowest BCUT2D eigenvalue weighted by molar-refractivity contribution is 0.0684. The Kier molecular flexibility index (Phi) is 3.56. The zero-order valence-corrected chi connectivity index (χ0v) is 10.2. The zero-order chi connectivity index (χ0) is 14.7. The predicted octanol–water partition coefficient (Wildman–Crippen LogP) is 1.89. The Labute approximate surface area is 114 Å². The summed E-state index contributed by atoms with van der Waals surface area (Å²) >= 11 is 0. The summed E-state index contributed by atoms with van der Waals surface area (Å²) in [5.74, 6) is -2.42. The van der Waals surface area contributed by atoms with Gasteiger partial charge in [0.2, 0.25) is 0 Å². The summed E-state index contributed by atoms with van der Waals surface area (Å²) in [4.78, 5) is 22.8. The van der Waals surface area contributed by atoms with Crippen molar-refractivity contribution < 1.29 is 24.5 Å². The number of esters is 1. The molecule has 20 heavy (non-hydrogen) atoms. The molecule has 0 aliphatic carbocycles. The van der Waals surface area contributed by atoms with Gasteiger partial charge in [-0.3, -0.25) is 0 Å². The van der Waals surface area contributed by atoms with Crippen molar-refractivity contribution in [1.82, 2.24) is 0 Å². The number of hydrogen-bond donors (Lipinski definition) is 3. The van der Waals surface area contributed by atoms with Gasteiger partial charge in [-0.2, -0.15) is 0 Å². The molecule has 0 saturated heterocycles. The van der Waals surface area contributed by atoms with Gasteiger partial charge in [0, 0.05) is 5.69 Å². The molecule has 0 unspecified atom stereocenters. The minimum Gasteiger partial charge on any atom is -0.507 e. The molecule has 0 aliphatic heterocycles. The molecule has 0 aliphatic rings. The van der Waals surface area contributed by atoms with E-state index in [-0.39, 0.29) is 22.6 Å². The number of anilines is 1. The number of carbonyl (C=O) groups is 2. The molecular weight excluding hydrogens is 262 g/mol. The lowest BCUT2D eigenvalue weighted by Gasteiger charge is -2.07. The van der Waals surface area contributed by atoms with E-state index < -0.39 is 17.7 Å². The van der Waals surface area contributed by atoms with Crippen LogP contribution in [0.1, 0.15) is 20.7 Å². The van der Waals surface area contributed by atoms with Gasteiger partial charge in [-0.1, -0.05) is 12.1 Å². The molecule has 2 aromatic rings. The summed E-state index contributed by atoms with van der Waals surface area (Å²) in [6.07, 6.45) is 0. The van der Waals surface area contributed by atoms with Crippen LogP contribution in [0.3, 0.4) is 0 Å². The summed E-state index contributed by atoms with van der Waals surface area (Å²) < 4.78 is 5.03. The van der Waals surface area contributed by atoms with Crippen LogP contribution in [0, 0.1) is 0 Å². The lowest BCUT2D eigenvalue weighted by atomic mass is 10.1. The minimum atomic E-state index is -1.32. The molecule has 0 atom stereocenters. The summed E-state index contributed by atoms with van der Waals surface area (Å²) in [6.45, 7) is 0. The highest BCUT2D eigenvalue weighted by Gasteiger charge is 2.15. The van der Waals surface area contributed by atoms with Crippen LogP contribution < -0.4 is 10.5 Å². The second-order valence-electron chi connectivity index (χ2n) is 3.96. The Balaban J connectivity index is 2.27. The van der Waals surface area contributed by atoms with E-state index >= 15 is 0 Å². The number of aromatic carboxylic acids is 1. The fourth-order valence-corrected chi connectivity index (χ4v) is 1.59. The van der Waals surface area contributed by atoms with Crippen molar-refractivity contribution in [2.75, 3.05) is 5.73 Å². The van der Waals surface area contributed by atoms with Gasteiger partial charge in [-0.25, -0.2) is 9.59 Å². The largest absolute Gasteiger partial charge is 0.507 e. The maximum atomic E-state index is 11.9. The van der Waals surface area contributed by atoms with Crippen LogP contribution in [0.25, 0.3) is 0 Å². The normalized spacial score (nSPS) is 10.0. The Bertz CT molecular complexity index is 681. The number of phenols is 1. The fourth-order valence-electron chi connectivity index (χ4n) is 1.59. The molecule has 0 heterocycles. The van der Waals surface area contributed by atoms with Gasteiger partial charge in [0.15, 0.2) is 0 Å². The second-order valence-corrected chi connectivity index (χ2v) is 3.96. The maximum Gasteiger partial charge on any atom is 0.345 e. The van der Waals surface area contributed by atoms with E-state index in [9.17, 15) is 14.7 Å². The molecule has 0 bridgehead atoms. The number of nitrogen functional groups attached to an aromatic ring is 1. The van der Waals surface area contributed by atoms with Crippen molar-refractivity contribution in [2.45, 2.75) is 0 Å². The number of carbonyl (C=O) groups excluding carboxylic acids is 1. The number of aromatic hydroxyl groups is 1. The van der Waals surface area contributed by atoms with Gasteiger partial charge in [-0.05, 0) is 30.3 Å². The van der Waals surface area contributed by atoms with Crippen LogP contribution in [0.15, 0.2) is 42.5 Å². The van der Waals surface area contributed by atoms with Gasteiger partial charge < -0.3 is 20.7 Å². The molecule has 6 heteroatoms. The molecule has 0 amide bonds. The number of para-hydroxylation sites is 1. The van der Waals surface area contributed by atoms with Gasteiger partial charge in [0.05, 0.1) is 5.56 Å². The number of ether oxygens (including phenoxy) is 1. The predicted molar refractivity (Wildman–Crippen MR) is 70.9 cm³/mol. The summed E-state index contributed by atoms with van der Waals surface area (Å²) in [6, 6.07) is 9.85. The zero-order valence-electron chi connectivity index (χ0n) is 10.2. The monoisotopic (exact) mass is 273 g/mol. The Morgan fingerprint density at radius 3 is 2.40 bits per heavy atom. The third kappa shape index (κ3) is 2.69. The number of carboxylic acid groups (broad SMARTS) is 1. The maximum absolute atomic E-state index is 11.9. The molecule has 0 spiro atoms. The SMILES string of the molecule is Nc1ccccc1C(=O)Oc1ccc(O)c(C(=O)O)c1. The molecule has 4 N–H and O–H groups in total. The first kappa shape index (κ1) is 13.4. The number of benzene rings is 2. The Morgan fingerprint density at radius 1 is 1.05 bits per heavy atom. The molecule has 0 fully saturated rings. The van der Waals surface area contributed by atoms with Crippen molar-refractivity contribution in [2.24, 2.45) is 0 Å². The number of hydrogen-bond acceptors (Lipinski definition) is 5. The summed E-state index contributed by atoms with van der Waals surface area (Å²) in [5.41, 5.74) is 5.73. The fraction of sp³-hybridized carbons (Fsp3) is 0. The molecule has 0 radical (unpaired) electrons. The summed E-state index contributed by atoms with van der Waals surface area (Å²) in [5, 5.41) is 18.2. The first-order valence-corrected chi connectivity index (χ1v) is 5.62. The van der Waals surface area contributed by atoms with Crippen LogP contribution in [0.2, 0.25) is 0 Å². The highest BCUT2D eigenvalue weighted by Crippen LogP contribution is 2.24. The topological polar surface area (TPSA) is 110 Å². The van der Waals surface area contributed by atoms with Crippen molar-refractivity contribution in [1.29, 1.82) is 0 Å². The Hall–Kier alpha value is -3.02. The van der Waals surface area contributed by atoms with Crippen molar-refractivity contribution in [3.05, 3.63) is 53.6 Å². The third-order valence-corrected chi connectivity index (χ3v) is 2.59. The molecule has 0 aromatic heterocycles. The molecule has 2 rings (SSSR count). The van der Waals surface area contributed by atoms with E-state index in [0.29, 0.717) is 0 Å². The van der Waals surface area contributed by atoms with Gasteiger partial charge in [0.25, 0.3) is 0 Å². The van der Waals surface area contributed by atoms with E-state index in [1.165, 1.54) is 12.1 Å². The van der Waals surface area contributed by atoms with Crippen LogP contribution in [0.5, 0.6) is 11.5 Å². The van der Waals surface area contributed by atoms with Gasteiger partial charge in [-0.15, -0.1) is 0 Å². The van der Waals surface area contributed by atoms with E-state index in [2.05, 4.69) is 0 Å². The molecule has 6 nitrogen and oxygen atoms in total. The van der Waals surface area contributed by atoms with Crippen LogP contribution in [0.4, 0.5) is 5.69 Å². The average molecular weight is 273 g/mol. The third-order valence-electron chi connectivity index (χ3n) is 2.59. The molecule has 2 aromatic carbocycles. The van der Waals surface area contributed by atoms with E-state index in [4.69, 9.17) is 15.6 Å². The Morgan fingerprint density at radius 2 is 1.75 bits per heavy atom. The van der Waals surface area contributed by atoms with Gasteiger partial charge in [0.1, 0.15) is 17.1 Å². The first-order chi connectivity index (χ1) is 9.49. The standard InChI is InChI=1S/C14H11NO5/c15-11-4-2-1-3-9(11)14(19)20-8-5-6-12(16)10(7-8)13(17)18/h1-7,16H,15H2,(H,17,18). The lowest BCUT2D eigenvalue weighted by Crippen LogP contribution is -2.11.